The molecule has 0 spiro atoms. The number of hydrogen-bond donors (Lipinski definition) is 2. The van der Waals surface area contributed by atoms with Crippen LogP contribution in [-0.4, -0.2) is 6.54 Å². The number of halogens is 6. The van der Waals surface area contributed by atoms with Crippen molar-refractivity contribution >= 4 is 24.0 Å². The standard InChI is InChI=1S/C9H9ClF4N2.ClH/c10-6-2-4(9(12,13)14)1-5(8(6)11)7(16)3-15;/h1-2,7H,3,15-16H2;1H/t7-;/m1./s1. The maximum Gasteiger partial charge on any atom is 0.416 e. The highest BCUT2D eigenvalue weighted by Crippen LogP contribution is 2.34. The topological polar surface area (TPSA) is 52.0 Å². The second kappa shape index (κ2) is 5.86. The molecule has 0 unspecified atom stereocenters. The molecule has 1 aromatic carbocycles. The molecule has 1 atom stereocenters. The lowest BCUT2D eigenvalue weighted by Gasteiger charge is -2.15. The van der Waals surface area contributed by atoms with Crippen LogP contribution in [-0.2, 0) is 6.18 Å². The van der Waals surface area contributed by atoms with Crippen LogP contribution in [0, 0.1) is 5.82 Å². The molecule has 0 amide bonds. The summed E-state index contributed by atoms with van der Waals surface area (Å²) in [5.74, 6) is -0.965. The van der Waals surface area contributed by atoms with Crippen LogP contribution in [0.3, 0.4) is 0 Å². The van der Waals surface area contributed by atoms with Crippen molar-refractivity contribution in [2.45, 2.75) is 12.2 Å². The molecule has 0 aromatic heterocycles. The van der Waals surface area contributed by atoms with Gasteiger partial charge in [-0.2, -0.15) is 13.2 Å². The zero-order valence-corrected chi connectivity index (χ0v) is 9.96. The van der Waals surface area contributed by atoms with E-state index in [4.69, 9.17) is 23.1 Å². The van der Waals surface area contributed by atoms with Crippen LogP contribution in [0.2, 0.25) is 5.02 Å². The Morgan fingerprint density at radius 3 is 2.24 bits per heavy atom. The number of hydrogen-bond acceptors (Lipinski definition) is 2. The third-order valence-electron chi connectivity index (χ3n) is 2.04. The fraction of sp³-hybridized carbons (Fsp3) is 0.333. The van der Waals surface area contributed by atoms with Gasteiger partial charge >= 0.3 is 6.18 Å². The van der Waals surface area contributed by atoms with Crippen molar-refractivity contribution in [3.8, 4) is 0 Å². The SMILES string of the molecule is Cl.NC[C@@H](N)c1cc(C(F)(F)F)cc(Cl)c1F. The summed E-state index contributed by atoms with van der Waals surface area (Å²) < 4.78 is 50.6. The Kier molecular flexibility index (Phi) is 5.67. The summed E-state index contributed by atoms with van der Waals surface area (Å²) in [5, 5.41) is -0.617. The Morgan fingerprint density at radius 2 is 1.82 bits per heavy atom. The highest BCUT2D eigenvalue weighted by Gasteiger charge is 2.32. The zero-order valence-electron chi connectivity index (χ0n) is 8.39. The van der Waals surface area contributed by atoms with Gasteiger partial charge in [-0.25, -0.2) is 4.39 Å². The zero-order chi connectivity index (χ0) is 12.5. The minimum absolute atomic E-state index is 0. The average molecular weight is 293 g/mol. The largest absolute Gasteiger partial charge is 0.416 e. The highest BCUT2D eigenvalue weighted by molar-refractivity contribution is 6.30. The van der Waals surface area contributed by atoms with Gasteiger partial charge in [0.2, 0.25) is 0 Å². The predicted octanol–water partition coefficient (Wildman–Crippen LogP) is 2.88. The second-order valence-electron chi connectivity index (χ2n) is 3.20. The lowest BCUT2D eigenvalue weighted by atomic mass is 10.0. The van der Waals surface area contributed by atoms with Gasteiger partial charge in [0.25, 0.3) is 0 Å². The van der Waals surface area contributed by atoms with Crippen molar-refractivity contribution in [1.29, 1.82) is 0 Å². The van der Waals surface area contributed by atoms with E-state index in [1.54, 1.807) is 0 Å². The van der Waals surface area contributed by atoms with Crippen molar-refractivity contribution in [3.63, 3.8) is 0 Å². The molecule has 0 radical (unpaired) electrons. The van der Waals surface area contributed by atoms with E-state index in [9.17, 15) is 17.6 Å². The molecule has 0 saturated carbocycles. The molecule has 0 saturated heterocycles. The maximum absolute atomic E-state index is 13.4. The van der Waals surface area contributed by atoms with Gasteiger partial charge in [-0.1, -0.05) is 11.6 Å². The molecular formula is C9H10Cl2F4N2. The van der Waals surface area contributed by atoms with Gasteiger partial charge in [-0.05, 0) is 12.1 Å². The quantitative estimate of drug-likeness (QED) is 0.824. The Balaban J connectivity index is 0.00000256. The van der Waals surface area contributed by atoms with Gasteiger partial charge in [-0.3, -0.25) is 0 Å². The first-order valence-electron chi connectivity index (χ1n) is 4.29. The molecule has 17 heavy (non-hydrogen) atoms. The van der Waals surface area contributed by atoms with E-state index in [2.05, 4.69) is 0 Å². The van der Waals surface area contributed by atoms with Crippen molar-refractivity contribution in [2.24, 2.45) is 11.5 Å². The molecule has 4 N–H and O–H groups in total. The van der Waals surface area contributed by atoms with Crippen molar-refractivity contribution in [1.82, 2.24) is 0 Å². The van der Waals surface area contributed by atoms with Gasteiger partial charge in [0.05, 0.1) is 10.6 Å². The molecule has 0 aliphatic heterocycles. The van der Waals surface area contributed by atoms with Crippen LogP contribution in [0.4, 0.5) is 17.6 Å². The van der Waals surface area contributed by atoms with Gasteiger partial charge in [0.15, 0.2) is 0 Å². The Labute approximate surface area is 106 Å². The third kappa shape index (κ3) is 3.70. The van der Waals surface area contributed by atoms with E-state index in [0.29, 0.717) is 12.1 Å². The average Bonchev–Trinajstić information content (AvgIpc) is 2.19. The van der Waals surface area contributed by atoms with Crippen LogP contribution in [0.5, 0.6) is 0 Å². The summed E-state index contributed by atoms with van der Waals surface area (Å²) in [4.78, 5) is 0. The van der Waals surface area contributed by atoms with Crippen molar-refractivity contribution in [2.75, 3.05) is 6.54 Å². The van der Waals surface area contributed by atoms with Gasteiger partial charge < -0.3 is 11.5 Å². The van der Waals surface area contributed by atoms with Gasteiger partial charge in [0, 0.05) is 18.2 Å². The minimum Gasteiger partial charge on any atom is -0.329 e. The number of rotatable bonds is 2. The Hall–Kier alpha value is -0.560. The van der Waals surface area contributed by atoms with E-state index < -0.39 is 28.6 Å². The smallest absolute Gasteiger partial charge is 0.329 e. The van der Waals surface area contributed by atoms with Crippen molar-refractivity contribution < 1.29 is 17.6 Å². The van der Waals surface area contributed by atoms with E-state index >= 15 is 0 Å². The molecule has 2 nitrogen and oxygen atoms in total. The maximum atomic E-state index is 13.4. The normalized spacial score (nSPS) is 13.1. The summed E-state index contributed by atoms with van der Waals surface area (Å²) in [7, 11) is 0. The number of benzene rings is 1. The van der Waals surface area contributed by atoms with Crippen molar-refractivity contribution in [3.05, 3.63) is 34.1 Å². The first-order chi connectivity index (χ1) is 7.27. The molecule has 1 rings (SSSR count). The molecular weight excluding hydrogens is 283 g/mol. The van der Waals surface area contributed by atoms with E-state index in [-0.39, 0.29) is 24.5 Å². The van der Waals surface area contributed by atoms with E-state index in [1.165, 1.54) is 0 Å². The fourth-order valence-corrected chi connectivity index (χ4v) is 1.40. The first kappa shape index (κ1) is 16.4. The second-order valence-corrected chi connectivity index (χ2v) is 3.61. The highest BCUT2D eigenvalue weighted by atomic mass is 35.5. The van der Waals surface area contributed by atoms with Crippen LogP contribution >= 0.6 is 24.0 Å². The molecule has 0 aliphatic carbocycles. The van der Waals surface area contributed by atoms with Crippen LogP contribution in [0.1, 0.15) is 17.2 Å². The first-order valence-corrected chi connectivity index (χ1v) is 4.67. The van der Waals surface area contributed by atoms with E-state index in [1.807, 2.05) is 0 Å². The molecule has 0 aliphatic rings. The van der Waals surface area contributed by atoms with Gasteiger partial charge in [-0.15, -0.1) is 12.4 Å². The predicted molar refractivity (Wildman–Crippen MR) is 59.6 cm³/mol. The minimum atomic E-state index is -4.60. The summed E-state index contributed by atoms with van der Waals surface area (Å²) >= 11 is 5.35. The summed E-state index contributed by atoms with van der Waals surface area (Å²) in [6.07, 6.45) is -4.60. The molecule has 0 fully saturated rings. The molecule has 98 valence electrons. The molecule has 1 aromatic rings. The summed E-state index contributed by atoms with van der Waals surface area (Å²) in [6.45, 7) is -0.172. The van der Waals surface area contributed by atoms with E-state index in [0.717, 1.165) is 0 Å². The molecule has 0 bridgehead atoms. The van der Waals surface area contributed by atoms with Crippen LogP contribution in [0.25, 0.3) is 0 Å². The van der Waals surface area contributed by atoms with Crippen LogP contribution < -0.4 is 11.5 Å². The third-order valence-corrected chi connectivity index (χ3v) is 2.31. The molecule has 0 heterocycles. The molecule has 8 heteroatoms. The lowest BCUT2D eigenvalue weighted by molar-refractivity contribution is -0.137. The lowest BCUT2D eigenvalue weighted by Crippen LogP contribution is -2.22. The van der Waals surface area contributed by atoms with Gasteiger partial charge in [0.1, 0.15) is 5.82 Å². The Bertz CT molecular complexity index is 395. The summed E-state index contributed by atoms with van der Waals surface area (Å²) in [6, 6.07) is 0.127. The van der Waals surface area contributed by atoms with Crippen LogP contribution in [0.15, 0.2) is 12.1 Å². The summed E-state index contributed by atoms with van der Waals surface area (Å²) in [5.41, 5.74) is 9.18. The fourth-order valence-electron chi connectivity index (χ4n) is 1.17. The number of nitrogens with two attached hydrogens (primary N) is 2. The monoisotopic (exact) mass is 292 g/mol. The number of alkyl halides is 3. The Morgan fingerprint density at radius 1 is 1.29 bits per heavy atom.